The lowest BCUT2D eigenvalue weighted by atomic mass is 9.58. The lowest BCUT2D eigenvalue weighted by molar-refractivity contribution is 0.779. The molecule has 0 nitrogen and oxygen atoms in total. The van der Waals surface area contributed by atoms with Gasteiger partial charge in [0, 0.05) is 0 Å². The smallest absolute Gasteiger partial charge is 0.0651 e. The second-order valence-corrected chi connectivity index (χ2v) is 19.4. The predicted molar refractivity (Wildman–Crippen MR) is 285 cm³/mol. The number of rotatable bonds is 3. The number of hydrogen-bond acceptors (Lipinski definition) is 0. The molecule has 0 bridgehead atoms. The van der Waals surface area contributed by atoms with E-state index < -0.39 is 5.41 Å². The molecule has 1 atom stereocenters. The number of benzene rings is 9. The van der Waals surface area contributed by atoms with E-state index >= 15 is 0 Å². The first-order chi connectivity index (χ1) is 33.7. The van der Waals surface area contributed by atoms with E-state index in [1.54, 1.807) is 0 Å². The Labute approximate surface area is 395 Å². The minimum absolute atomic E-state index is 0.606. The fourth-order valence-corrected chi connectivity index (χ4v) is 13.4. The average Bonchev–Trinajstić information content (AvgIpc) is 4.23. The molecule has 0 heterocycles. The van der Waals surface area contributed by atoms with Crippen molar-refractivity contribution in [1.82, 2.24) is 0 Å². The van der Waals surface area contributed by atoms with E-state index in [2.05, 4.69) is 231 Å². The van der Waals surface area contributed by atoms with Gasteiger partial charge in [-0.1, -0.05) is 200 Å². The third-order valence-corrected chi connectivity index (χ3v) is 16.2. The first-order valence-corrected chi connectivity index (χ1v) is 24.0. The van der Waals surface area contributed by atoms with Crippen LogP contribution in [-0.2, 0) is 6.42 Å². The highest BCUT2D eigenvalue weighted by molar-refractivity contribution is 6.17. The van der Waals surface area contributed by atoms with Crippen molar-refractivity contribution in [2.75, 3.05) is 0 Å². The molecule has 0 heteroatoms. The van der Waals surface area contributed by atoms with Gasteiger partial charge in [-0.25, -0.2) is 0 Å². The molecule has 68 heavy (non-hydrogen) atoms. The van der Waals surface area contributed by atoms with E-state index in [0.717, 1.165) is 6.42 Å². The Balaban J connectivity index is 1.05. The average molecular weight is 857 g/mol. The van der Waals surface area contributed by atoms with Gasteiger partial charge in [-0.05, 0) is 192 Å². The van der Waals surface area contributed by atoms with Crippen LogP contribution in [0.5, 0.6) is 0 Å². The van der Waals surface area contributed by atoms with Gasteiger partial charge in [0.05, 0.1) is 5.41 Å². The molecule has 7 aliphatic carbocycles. The Morgan fingerprint density at radius 2 is 0.926 bits per heavy atom. The van der Waals surface area contributed by atoms with Crippen molar-refractivity contribution in [3.63, 3.8) is 0 Å². The molecule has 7 aliphatic rings. The van der Waals surface area contributed by atoms with Crippen molar-refractivity contribution in [2.45, 2.75) is 6.42 Å². The lowest BCUT2D eigenvalue weighted by Gasteiger charge is -2.43. The molecule has 0 saturated carbocycles. The SMILES string of the molecule is C1=CC2(C3=Cc4ccccc4C3=C1)C1=Cc3ccccc3C1=CC=C2c1c(-c2cccc3c2Cc2ccccc2-3)cc2ccccc2c1-c1cccc2c1C=c1c-2ccc2c1=Cc1ccccc1-2. The summed E-state index contributed by atoms with van der Waals surface area (Å²) < 4.78 is 0. The lowest BCUT2D eigenvalue weighted by Crippen LogP contribution is -2.29. The molecule has 0 amide bonds. The highest BCUT2D eigenvalue weighted by Crippen LogP contribution is 2.66. The zero-order valence-electron chi connectivity index (χ0n) is 37.1. The maximum atomic E-state index is 2.53. The normalized spacial score (nSPS) is 17.4. The van der Waals surface area contributed by atoms with E-state index in [0.29, 0.717) is 0 Å². The second kappa shape index (κ2) is 13.3. The Hall–Kier alpha value is -8.58. The highest BCUT2D eigenvalue weighted by Gasteiger charge is 2.50. The molecule has 9 aromatic carbocycles. The summed E-state index contributed by atoms with van der Waals surface area (Å²) in [5.41, 5.74) is 30.9. The Morgan fingerprint density at radius 1 is 0.353 bits per heavy atom. The van der Waals surface area contributed by atoms with Crippen LogP contribution in [0.25, 0.3) is 107 Å². The zero-order valence-corrected chi connectivity index (χ0v) is 37.1. The molecular formula is C68H40. The van der Waals surface area contributed by atoms with Gasteiger partial charge in [-0.15, -0.1) is 0 Å². The van der Waals surface area contributed by atoms with Crippen LogP contribution in [0.15, 0.2) is 217 Å². The van der Waals surface area contributed by atoms with Crippen LogP contribution in [0.3, 0.4) is 0 Å². The maximum Gasteiger partial charge on any atom is 0.0653 e. The fraction of sp³-hybridized carbons (Fsp3) is 0.0294. The van der Waals surface area contributed by atoms with Gasteiger partial charge in [-0.3, -0.25) is 0 Å². The summed E-state index contributed by atoms with van der Waals surface area (Å²) in [7, 11) is 0. The van der Waals surface area contributed by atoms with Crippen molar-refractivity contribution in [1.29, 1.82) is 0 Å². The van der Waals surface area contributed by atoms with Crippen molar-refractivity contribution in [3.05, 3.63) is 278 Å². The van der Waals surface area contributed by atoms with Crippen molar-refractivity contribution in [2.24, 2.45) is 5.41 Å². The van der Waals surface area contributed by atoms with Crippen molar-refractivity contribution < 1.29 is 0 Å². The standard InChI is InChI=1S/C68H40/c1-6-19-45-40(14-1)34-58-50(45)24-11-26-52(58)62-36-42-16-5-10-23-49(42)66(57-27-12-25-51-54-30-29-53-46-20-7-2-15-41(46)35-59(53)61(54)39-60(51)57)67(62)63-32-31-56-48-22-9-4-18-44(48)38-65(56)68(63)33-13-28-55-47-21-8-3-17-43(47)37-64(55)68/h1-33,35-39H,34H2. The molecule has 0 N–H and O–H groups in total. The predicted octanol–water partition coefficient (Wildman–Crippen LogP) is 15.3. The third-order valence-electron chi connectivity index (χ3n) is 16.2. The summed E-state index contributed by atoms with van der Waals surface area (Å²) >= 11 is 0. The van der Waals surface area contributed by atoms with Crippen LogP contribution < -0.4 is 10.4 Å². The van der Waals surface area contributed by atoms with Gasteiger partial charge in [0.15, 0.2) is 0 Å². The quantitative estimate of drug-likeness (QED) is 0.166. The molecule has 0 radical (unpaired) electrons. The van der Waals surface area contributed by atoms with Gasteiger partial charge in [-0.2, -0.15) is 0 Å². The van der Waals surface area contributed by atoms with Crippen LogP contribution in [-0.4, -0.2) is 0 Å². The van der Waals surface area contributed by atoms with Crippen LogP contribution in [0.4, 0.5) is 0 Å². The summed E-state index contributed by atoms with van der Waals surface area (Å²) in [6.07, 6.45) is 23.0. The van der Waals surface area contributed by atoms with Gasteiger partial charge in [0.2, 0.25) is 0 Å². The molecule has 0 fully saturated rings. The van der Waals surface area contributed by atoms with Gasteiger partial charge in [0.25, 0.3) is 0 Å². The van der Waals surface area contributed by atoms with E-state index in [9.17, 15) is 0 Å². The molecule has 9 aromatic rings. The minimum atomic E-state index is -0.606. The summed E-state index contributed by atoms with van der Waals surface area (Å²) in [5, 5.41) is 5.14. The van der Waals surface area contributed by atoms with Gasteiger partial charge >= 0.3 is 0 Å². The first kappa shape index (κ1) is 36.6. The number of allylic oxidation sites excluding steroid dienone is 10. The van der Waals surface area contributed by atoms with E-state index in [1.165, 1.54) is 155 Å². The summed E-state index contributed by atoms with van der Waals surface area (Å²) in [6.45, 7) is 0. The van der Waals surface area contributed by atoms with Crippen LogP contribution >= 0.6 is 0 Å². The highest BCUT2D eigenvalue weighted by atomic mass is 14.5. The van der Waals surface area contributed by atoms with E-state index in [1.807, 2.05) is 0 Å². The van der Waals surface area contributed by atoms with Crippen LogP contribution in [0.1, 0.15) is 50.1 Å². The van der Waals surface area contributed by atoms with E-state index in [4.69, 9.17) is 0 Å². The molecule has 312 valence electrons. The molecule has 1 spiro atoms. The second-order valence-electron chi connectivity index (χ2n) is 19.4. The van der Waals surface area contributed by atoms with Crippen LogP contribution in [0.2, 0.25) is 0 Å². The molecule has 0 aliphatic heterocycles. The molecule has 16 rings (SSSR count). The first-order valence-electron chi connectivity index (χ1n) is 24.0. The zero-order chi connectivity index (χ0) is 44.2. The molecular weight excluding hydrogens is 817 g/mol. The fourth-order valence-electron chi connectivity index (χ4n) is 13.4. The Bertz CT molecular complexity index is 4180. The molecule has 0 aromatic heterocycles. The van der Waals surface area contributed by atoms with Gasteiger partial charge < -0.3 is 0 Å². The Kier molecular flexibility index (Phi) is 7.15. The summed E-state index contributed by atoms with van der Waals surface area (Å²) in [6, 6.07) is 66.4. The van der Waals surface area contributed by atoms with Gasteiger partial charge in [0.1, 0.15) is 0 Å². The van der Waals surface area contributed by atoms with Crippen molar-refractivity contribution >= 4 is 51.8 Å². The topological polar surface area (TPSA) is 0 Å². The van der Waals surface area contributed by atoms with Crippen molar-refractivity contribution in [3.8, 4) is 55.6 Å². The van der Waals surface area contributed by atoms with E-state index in [-0.39, 0.29) is 0 Å². The third kappa shape index (κ3) is 4.69. The minimum Gasteiger partial charge on any atom is -0.0651 e. The number of fused-ring (bicyclic) bond motifs is 19. The molecule has 0 saturated heterocycles. The Morgan fingerprint density at radius 3 is 1.71 bits per heavy atom. The molecule has 1 unspecified atom stereocenters. The summed E-state index contributed by atoms with van der Waals surface area (Å²) in [5.74, 6) is 0. The summed E-state index contributed by atoms with van der Waals surface area (Å²) in [4.78, 5) is 0. The maximum absolute atomic E-state index is 2.53. The number of hydrogen-bond donors (Lipinski definition) is 0. The monoisotopic (exact) mass is 856 g/mol. The largest absolute Gasteiger partial charge is 0.0653 e. The van der Waals surface area contributed by atoms with Crippen LogP contribution in [0, 0.1) is 5.41 Å².